The highest BCUT2D eigenvalue weighted by atomic mass is 35.5. The summed E-state index contributed by atoms with van der Waals surface area (Å²) in [7, 11) is 0. The van der Waals surface area contributed by atoms with Crippen molar-refractivity contribution in [1.82, 2.24) is 5.32 Å². The zero-order chi connectivity index (χ0) is 10.3. The van der Waals surface area contributed by atoms with Gasteiger partial charge in [0.15, 0.2) is 0 Å². The Morgan fingerprint density at radius 1 is 1.36 bits per heavy atom. The van der Waals surface area contributed by atoms with E-state index in [4.69, 9.17) is 11.5 Å². The number of imide groups is 1. The van der Waals surface area contributed by atoms with Crippen LogP contribution < -0.4 is 16.8 Å². The summed E-state index contributed by atoms with van der Waals surface area (Å²) in [5, 5.41) is 2.14. The molecule has 14 heavy (non-hydrogen) atoms. The first-order chi connectivity index (χ1) is 6.07. The summed E-state index contributed by atoms with van der Waals surface area (Å²) in [6.07, 6.45) is 2.22. The van der Waals surface area contributed by atoms with Crippen molar-refractivity contribution in [3.05, 3.63) is 0 Å². The van der Waals surface area contributed by atoms with Crippen molar-refractivity contribution < 1.29 is 9.59 Å². The Morgan fingerprint density at radius 2 is 1.93 bits per heavy atom. The Morgan fingerprint density at radius 3 is 2.36 bits per heavy atom. The minimum atomic E-state index is -0.601. The van der Waals surface area contributed by atoms with Gasteiger partial charge in [0.05, 0.1) is 6.04 Å². The molecule has 0 rings (SSSR count). The quantitative estimate of drug-likeness (QED) is 0.549. The second-order valence-corrected chi connectivity index (χ2v) is 2.94. The van der Waals surface area contributed by atoms with E-state index < -0.39 is 11.9 Å². The predicted molar refractivity (Wildman–Crippen MR) is 57.0 cm³/mol. The van der Waals surface area contributed by atoms with Crippen molar-refractivity contribution in [1.29, 1.82) is 0 Å². The van der Waals surface area contributed by atoms with Crippen molar-refractivity contribution in [2.24, 2.45) is 11.5 Å². The average Bonchev–Trinajstić information content (AvgIpc) is 2.03. The van der Waals surface area contributed by atoms with Gasteiger partial charge in [0.2, 0.25) is 11.8 Å². The van der Waals surface area contributed by atoms with E-state index >= 15 is 0 Å². The van der Waals surface area contributed by atoms with Gasteiger partial charge in [0.1, 0.15) is 0 Å². The van der Waals surface area contributed by atoms with Gasteiger partial charge < -0.3 is 11.5 Å². The van der Waals surface area contributed by atoms with Gasteiger partial charge in [-0.3, -0.25) is 14.9 Å². The minimum Gasteiger partial charge on any atom is -0.330 e. The zero-order valence-corrected chi connectivity index (χ0v) is 9.10. The number of hydrogen-bond donors (Lipinski definition) is 3. The first-order valence-electron chi connectivity index (χ1n) is 4.35. The zero-order valence-electron chi connectivity index (χ0n) is 8.29. The molecule has 5 N–H and O–H groups in total. The van der Waals surface area contributed by atoms with Crippen LogP contribution >= 0.6 is 12.4 Å². The summed E-state index contributed by atoms with van der Waals surface area (Å²) >= 11 is 0. The van der Waals surface area contributed by atoms with Crippen LogP contribution in [0, 0.1) is 0 Å². The van der Waals surface area contributed by atoms with Crippen LogP contribution in [0.4, 0.5) is 0 Å². The molecule has 1 unspecified atom stereocenters. The molecule has 0 saturated heterocycles. The molecule has 6 heteroatoms. The molecule has 0 aromatic rings. The summed E-state index contributed by atoms with van der Waals surface area (Å²) in [6, 6.07) is -0.601. The Labute approximate surface area is 90.0 Å². The Kier molecular flexibility index (Phi) is 10.1. The maximum absolute atomic E-state index is 11.1. The van der Waals surface area contributed by atoms with Gasteiger partial charge >= 0.3 is 0 Å². The molecule has 0 saturated carbocycles. The number of nitrogens with two attached hydrogens (primary N) is 2. The number of carbonyl (C=O) groups excluding carboxylic acids is 2. The molecule has 0 spiro atoms. The van der Waals surface area contributed by atoms with Crippen molar-refractivity contribution in [2.75, 3.05) is 6.54 Å². The van der Waals surface area contributed by atoms with Crippen molar-refractivity contribution >= 4 is 24.2 Å². The van der Waals surface area contributed by atoms with E-state index in [1.165, 1.54) is 6.92 Å². The summed E-state index contributed by atoms with van der Waals surface area (Å²) < 4.78 is 0. The van der Waals surface area contributed by atoms with Crippen LogP contribution in [0.1, 0.15) is 26.2 Å². The lowest BCUT2D eigenvalue weighted by atomic mass is 10.1. The van der Waals surface area contributed by atoms with Crippen molar-refractivity contribution in [3.8, 4) is 0 Å². The first-order valence-corrected chi connectivity index (χ1v) is 4.35. The second-order valence-electron chi connectivity index (χ2n) is 2.94. The van der Waals surface area contributed by atoms with Crippen LogP contribution in [-0.2, 0) is 9.59 Å². The summed E-state index contributed by atoms with van der Waals surface area (Å²) in [4.78, 5) is 21.5. The lowest BCUT2D eigenvalue weighted by Gasteiger charge is -2.09. The van der Waals surface area contributed by atoms with E-state index in [-0.39, 0.29) is 18.3 Å². The van der Waals surface area contributed by atoms with E-state index in [9.17, 15) is 9.59 Å². The highest BCUT2D eigenvalue weighted by molar-refractivity contribution is 5.96. The third-order valence-electron chi connectivity index (χ3n) is 1.61. The lowest BCUT2D eigenvalue weighted by Crippen LogP contribution is -2.42. The number of rotatable bonds is 5. The Bertz CT molecular complexity index is 187. The molecule has 84 valence electrons. The number of nitrogens with one attached hydrogen (secondary N) is 1. The second kappa shape index (κ2) is 8.93. The summed E-state index contributed by atoms with van der Waals surface area (Å²) in [5.74, 6) is -0.788. The average molecular weight is 224 g/mol. The molecule has 0 aromatic carbocycles. The van der Waals surface area contributed by atoms with Gasteiger partial charge in [-0.1, -0.05) is 6.42 Å². The fourth-order valence-corrected chi connectivity index (χ4v) is 0.906. The van der Waals surface area contributed by atoms with Crippen molar-refractivity contribution in [3.63, 3.8) is 0 Å². The van der Waals surface area contributed by atoms with E-state index in [0.717, 1.165) is 12.8 Å². The van der Waals surface area contributed by atoms with Crippen LogP contribution in [0.2, 0.25) is 0 Å². The highest BCUT2D eigenvalue weighted by Crippen LogP contribution is 1.97. The fraction of sp³-hybridized carbons (Fsp3) is 0.750. The normalized spacial score (nSPS) is 11.4. The van der Waals surface area contributed by atoms with E-state index in [2.05, 4.69) is 5.32 Å². The van der Waals surface area contributed by atoms with Gasteiger partial charge in [0.25, 0.3) is 0 Å². The smallest absolute Gasteiger partial charge is 0.243 e. The SMILES string of the molecule is CC(=O)NC(=O)C(N)CCCCN.Cl. The van der Waals surface area contributed by atoms with Crippen LogP contribution in [0.5, 0.6) is 0 Å². The molecule has 1 atom stereocenters. The van der Waals surface area contributed by atoms with Gasteiger partial charge in [-0.2, -0.15) is 0 Å². The number of amides is 2. The van der Waals surface area contributed by atoms with Crippen LogP contribution in [0.25, 0.3) is 0 Å². The maximum Gasteiger partial charge on any atom is 0.243 e. The third kappa shape index (κ3) is 7.97. The number of hydrogen-bond acceptors (Lipinski definition) is 4. The molecule has 0 radical (unpaired) electrons. The Hall–Kier alpha value is -0.650. The van der Waals surface area contributed by atoms with Gasteiger partial charge in [0, 0.05) is 6.92 Å². The van der Waals surface area contributed by atoms with E-state index in [0.29, 0.717) is 13.0 Å². The molecule has 5 nitrogen and oxygen atoms in total. The highest BCUT2D eigenvalue weighted by Gasteiger charge is 2.13. The topological polar surface area (TPSA) is 98.2 Å². The van der Waals surface area contributed by atoms with E-state index in [1.54, 1.807) is 0 Å². The maximum atomic E-state index is 11.1. The standard InChI is InChI=1S/C8H17N3O2.ClH/c1-6(12)11-8(13)7(10)4-2-3-5-9;/h7H,2-5,9-10H2,1H3,(H,11,12,13);1H. The molecule has 0 bridgehead atoms. The molecule has 0 aliphatic rings. The van der Waals surface area contributed by atoms with Crippen molar-refractivity contribution in [2.45, 2.75) is 32.2 Å². The van der Waals surface area contributed by atoms with Gasteiger partial charge in [-0.25, -0.2) is 0 Å². The minimum absolute atomic E-state index is 0. The van der Waals surface area contributed by atoms with Crippen LogP contribution in [0.3, 0.4) is 0 Å². The van der Waals surface area contributed by atoms with E-state index in [1.807, 2.05) is 0 Å². The molecular formula is C8H18ClN3O2. The fourth-order valence-electron chi connectivity index (χ4n) is 0.906. The molecule has 0 aliphatic carbocycles. The molecule has 0 fully saturated rings. The Balaban J connectivity index is 0. The van der Waals surface area contributed by atoms with Crippen LogP contribution in [0.15, 0.2) is 0 Å². The molecule has 2 amide bonds. The first kappa shape index (κ1) is 15.8. The molecule has 0 aromatic heterocycles. The summed E-state index contributed by atoms with van der Waals surface area (Å²) in [6.45, 7) is 1.88. The molecular weight excluding hydrogens is 206 g/mol. The van der Waals surface area contributed by atoms with Crippen LogP contribution in [-0.4, -0.2) is 24.4 Å². The molecule has 0 heterocycles. The monoisotopic (exact) mass is 223 g/mol. The largest absolute Gasteiger partial charge is 0.330 e. The lowest BCUT2D eigenvalue weighted by molar-refractivity contribution is -0.130. The predicted octanol–water partition coefficient (Wildman–Crippen LogP) is -0.473. The third-order valence-corrected chi connectivity index (χ3v) is 1.61. The number of carbonyl (C=O) groups is 2. The number of halogens is 1. The van der Waals surface area contributed by atoms with Gasteiger partial charge in [-0.05, 0) is 19.4 Å². The number of unbranched alkanes of at least 4 members (excludes halogenated alkanes) is 1. The molecule has 0 aliphatic heterocycles. The van der Waals surface area contributed by atoms with Gasteiger partial charge in [-0.15, -0.1) is 12.4 Å². The summed E-state index contributed by atoms with van der Waals surface area (Å²) in [5.41, 5.74) is 10.8.